The molecule has 0 saturated carbocycles. The molecule has 0 fully saturated rings. The van der Waals surface area contributed by atoms with Gasteiger partial charge in [0.15, 0.2) is 0 Å². The van der Waals surface area contributed by atoms with Crippen molar-refractivity contribution in [3.8, 4) is 0 Å². The molecule has 0 bridgehead atoms. The van der Waals surface area contributed by atoms with Crippen LogP contribution in [0.25, 0.3) is 0 Å². The molecule has 2 heteroatoms. The summed E-state index contributed by atoms with van der Waals surface area (Å²) in [7, 11) is 0. The van der Waals surface area contributed by atoms with E-state index < -0.39 is 0 Å². The van der Waals surface area contributed by atoms with Gasteiger partial charge in [-0.1, -0.05) is 45.0 Å². The van der Waals surface area contributed by atoms with E-state index in [1.807, 2.05) is 0 Å². The Hall–Kier alpha value is -0.530. The Kier molecular flexibility index (Phi) is 7.44. The zero-order valence-corrected chi connectivity index (χ0v) is 11.4. The summed E-state index contributed by atoms with van der Waals surface area (Å²) >= 11 is 0. The van der Waals surface area contributed by atoms with Gasteiger partial charge in [0.1, 0.15) is 0 Å². The van der Waals surface area contributed by atoms with Crippen LogP contribution in [0.15, 0.2) is 24.3 Å². The lowest BCUT2D eigenvalue weighted by molar-refractivity contribution is 0.507. The van der Waals surface area contributed by atoms with Gasteiger partial charge in [-0.3, -0.25) is 0 Å². The average Bonchev–Trinajstić information content (AvgIpc) is 2.26. The van der Waals surface area contributed by atoms with Crippen LogP contribution in [0, 0.1) is 5.92 Å². The Bertz CT molecular complexity index is 279. The van der Waals surface area contributed by atoms with Gasteiger partial charge in [-0.05, 0) is 36.3 Å². The predicted octanol–water partition coefficient (Wildman–Crippen LogP) is 4.11. The summed E-state index contributed by atoms with van der Waals surface area (Å²) in [6, 6.07) is 8.92. The molecule has 0 unspecified atom stereocenters. The highest BCUT2D eigenvalue weighted by Gasteiger charge is 2.06. The molecule has 2 N–H and O–H groups in total. The monoisotopic (exact) mass is 241 g/mol. The second kappa shape index (κ2) is 7.70. The minimum Gasteiger partial charge on any atom is -0.324 e. The van der Waals surface area contributed by atoms with Crippen molar-refractivity contribution in [2.45, 2.75) is 46.1 Å². The zero-order valence-electron chi connectivity index (χ0n) is 10.6. The highest BCUT2D eigenvalue weighted by atomic mass is 35.5. The van der Waals surface area contributed by atoms with E-state index in [2.05, 4.69) is 45.0 Å². The van der Waals surface area contributed by atoms with Gasteiger partial charge in [0.25, 0.3) is 0 Å². The molecule has 1 rings (SSSR count). The van der Waals surface area contributed by atoms with Crippen LogP contribution in [0.4, 0.5) is 0 Å². The zero-order chi connectivity index (χ0) is 11.3. The summed E-state index contributed by atoms with van der Waals surface area (Å²) in [6.07, 6.45) is 3.39. The summed E-state index contributed by atoms with van der Waals surface area (Å²) in [5.41, 5.74) is 8.79. The highest BCUT2D eigenvalue weighted by Crippen LogP contribution is 2.19. The van der Waals surface area contributed by atoms with Crippen molar-refractivity contribution in [3.63, 3.8) is 0 Å². The molecule has 1 aromatic carbocycles. The number of halogens is 1. The fourth-order valence-corrected chi connectivity index (χ4v) is 1.68. The Morgan fingerprint density at radius 1 is 1.06 bits per heavy atom. The van der Waals surface area contributed by atoms with E-state index in [4.69, 9.17) is 5.73 Å². The molecule has 0 aromatic heterocycles. The number of hydrogen-bond donors (Lipinski definition) is 1. The normalized spacial score (nSPS) is 12.3. The van der Waals surface area contributed by atoms with E-state index in [-0.39, 0.29) is 18.4 Å². The lowest BCUT2D eigenvalue weighted by Gasteiger charge is -2.13. The van der Waals surface area contributed by atoms with Crippen molar-refractivity contribution < 1.29 is 0 Å². The molecule has 0 aliphatic rings. The molecule has 0 spiro atoms. The first-order valence-electron chi connectivity index (χ1n) is 5.98. The van der Waals surface area contributed by atoms with Gasteiger partial charge < -0.3 is 5.73 Å². The third kappa shape index (κ3) is 5.00. The van der Waals surface area contributed by atoms with Crippen LogP contribution in [0.2, 0.25) is 0 Å². The SMILES string of the molecule is CCc1ccc([C@H](N)CCC(C)C)cc1.Cl. The van der Waals surface area contributed by atoms with Crippen LogP contribution < -0.4 is 5.73 Å². The fraction of sp³-hybridized carbons (Fsp3) is 0.571. The van der Waals surface area contributed by atoms with Crippen molar-refractivity contribution in [1.82, 2.24) is 0 Å². The summed E-state index contributed by atoms with van der Waals surface area (Å²) in [6.45, 7) is 6.66. The van der Waals surface area contributed by atoms with E-state index in [9.17, 15) is 0 Å². The largest absolute Gasteiger partial charge is 0.324 e. The Morgan fingerprint density at radius 2 is 1.62 bits per heavy atom. The van der Waals surface area contributed by atoms with Gasteiger partial charge >= 0.3 is 0 Å². The van der Waals surface area contributed by atoms with Crippen molar-refractivity contribution in [1.29, 1.82) is 0 Å². The molecule has 0 amide bonds. The first kappa shape index (κ1) is 15.5. The number of benzene rings is 1. The summed E-state index contributed by atoms with van der Waals surface area (Å²) < 4.78 is 0. The van der Waals surface area contributed by atoms with Gasteiger partial charge in [0.05, 0.1) is 0 Å². The molecule has 1 atom stereocenters. The van der Waals surface area contributed by atoms with E-state index in [1.54, 1.807) is 0 Å². The van der Waals surface area contributed by atoms with Gasteiger partial charge in [-0.15, -0.1) is 12.4 Å². The minimum absolute atomic E-state index is 0. The molecule has 0 aliphatic carbocycles. The van der Waals surface area contributed by atoms with Crippen LogP contribution in [0.3, 0.4) is 0 Å². The molecular formula is C14H24ClN. The quantitative estimate of drug-likeness (QED) is 0.825. The molecule has 0 radical (unpaired) electrons. The summed E-state index contributed by atoms with van der Waals surface area (Å²) in [5.74, 6) is 0.742. The second-order valence-corrected chi connectivity index (χ2v) is 4.67. The Morgan fingerprint density at radius 3 is 2.06 bits per heavy atom. The lowest BCUT2D eigenvalue weighted by Crippen LogP contribution is -2.11. The van der Waals surface area contributed by atoms with Crippen molar-refractivity contribution in [3.05, 3.63) is 35.4 Å². The van der Waals surface area contributed by atoms with E-state index in [0.29, 0.717) is 0 Å². The van der Waals surface area contributed by atoms with Crippen molar-refractivity contribution >= 4 is 12.4 Å². The number of hydrogen-bond acceptors (Lipinski definition) is 1. The second-order valence-electron chi connectivity index (χ2n) is 4.67. The van der Waals surface area contributed by atoms with E-state index in [1.165, 1.54) is 17.5 Å². The number of rotatable bonds is 5. The van der Waals surface area contributed by atoms with Crippen molar-refractivity contribution in [2.75, 3.05) is 0 Å². The van der Waals surface area contributed by atoms with Crippen LogP contribution >= 0.6 is 12.4 Å². The first-order chi connectivity index (χ1) is 7.13. The van der Waals surface area contributed by atoms with E-state index in [0.717, 1.165) is 18.8 Å². The van der Waals surface area contributed by atoms with Crippen LogP contribution in [-0.2, 0) is 6.42 Å². The van der Waals surface area contributed by atoms with Crippen LogP contribution in [-0.4, -0.2) is 0 Å². The topological polar surface area (TPSA) is 26.0 Å². The van der Waals surface area contributed by atoms with Crippen LogP contribution in [0.5, 0.6) is 0 Å². The third-order valence-corrected chi connectivity index (χ3v) is 2.87. The lowest BCUT2D eigenvalue weighted by atomic mass is 9.97. The fourth-order valence-electron chi connectivity index (χ4n) is 1.68. The highest BCUT2D eigenvalue weighted by molar-refractivity contribution is 5.85. The maximum Gasteiger partial charge on any atom is 0.0294 e. The summed E-state index contributed by atoms with van der Waals surface area (Å²) in [5, 5.41) is 0. The van der Waals surface area contributed by atoms with Gasteiger partial charge in [-0.2, -0.15) is 0 Å². The molecular weight excluding hydrogens is 218 g/mol. The van der Waals surface area contributed by atoms with Gasteiger partial charge in [0.2, 0.25) is 0 Å². The molecule has 1 aromatic rings. The summed E-state index contributed by atoms with van der Waals surface area (Å²) in [4.78, 5) is 0. The molecule has 0 saturated heterocycles. The standard InChI is InChI=1S/C14H23N.ClH/c1-4-12-6-8-13(9-7-12)14(15)10-5-11(2)3;/h6-9,11,14H,4-5,10,15H2,1-3H3;1H/t14-;/m1./s1. The van der Waals surface area contributed by atoms with Crippen molar-refractivity contribution in [2.24, 2.45) is 11.7 Å². The maximum atomic E-state index is 6.13. The Balaban J connectivity index is 0.00000225. The maximum absolute atomic E-state index is 6.13. The predicted molar refractivity (Wildman–Crippen MR) is 74.1 cm³/mol. The minimum atomic E-state index is 0. The molecule has 92 valence electrons. The molecule has 0 aliphatic heterocycles. The van der Waals surface area contributed by atoms with Gasteiger partial charge in [-0.25, -0.2) is 0 Å². The number of nitrogens with two attached hydrogens (primary N) is 1. The molecule has 0 heterocycles. The smallest absolute Gasteiger partial charge is 0.0294 e. The molecule has 16 heavy (non-hydrogen) atoms. The van der Waals surface area contributed by atoms with Gasteiger partial charge in [0, 0.05) is 6.04 Å². The van der Waals surface area contributed by atoms with E-state index >= 15 is 0 Å². The van der Waals surface area contributed by atoms with Crippen LogP contribution in [0.1, 0.15) is 50.8 Å². The third-order valence-electron chi connectivity index (χ3n) is 2.87. The molecule has 1 nitrogen and oxygen atoms in total. The first-order valence-corrected chi connectivity index (χ1v) is 5.98. The Labute approximate surface area is 106 Å². The average molecular weight is 242 g/mol. The number of aryl methyl sites for hydroxylation is 1.